The number of hydrazone groups is 1. The minimum Gasteiger partial charge on any atom is -0.331 e. The summed E-state index contributed by atoms with van der Waals surface area (Å²) < 4.78 is 1.02. The van der Waals surface area contributed by atoms with Crippen LogP contribution in [0, 0.1) is 0 Å². The molecule has 0 unspecified atom stereocenters. The lowest BCUT2D eigenvalue weighted by molar-refractivity contribution is 1.05. The molecule has 0 saturated heterocycles. The molecule has 1 heterocycles. The number of anilines is 1. The minimum atomic E-state index is 0.432. The molecule has 0 aliphatic heterocycles. The summed E-state index contributed by atoms with van der Waals surface area (Å²) in [7, 11) is 0. The molecule has 2 N–H and O–H groups in total. The summed E-state index contributed by atoms with van der Waals surface area (Å²) in [5.41, 5.74) is 5.63. The van der Waals surface area contributed by atoms with Crippen LogP contribution < -0.4 is 10.7 Å². The van der Waals surface area contributed by atoms with E-state index in [1.54, 1.807) is 12.4 Å². The van der Waals surface area contributed by atoms with Crippen LogP contribution in [0.1, 0.15) is 5.56 Å². The Morgan fingerprint density at radius 1 is 1.09 bits per heavy atom. The van der Waals surface area contributed by atoms with Crippen molar-refractivity contribution in [2.75, 3.05) is 5.32 Å². The Morgan fingerprint density at radius 2 is 1.87 bits per heavy atom. The molecular formula is C17H13BrN4S. The molecule has 0 fully saturated rings. The zero-order chi connectivity index (χ0) is 16.1. The maximum atomic E-state index is 5.22. The number of hydrogen-bond acceptors (Lipinski definition) is 3. The number of benzene rings is 2. The number of fused-ring (bicyclic) bond motifs is 1. The predicted octanol–water partition coefficient (Wildman–Crippen LogP) is 4.32. The zero-order valence-corrected chi connectivity index (χ0v) is 14.4. The van der Waals surface area contributed by atoms with Gasteiger partial charge in [0.15, 0.2) is 5.11 Å². The molecule has 4 nitrogen and oxygen atoms in total. The summed E-state index contributed by atoms with van der Waals surface area (Å²) in [4.78, 5) is 4.32. The Morgan fingerprint density at radius 3 is 2.70 bits per heavy atom. The third kappa shape index (κ3) is 4.12. The molecule has 6 heteroatoms. The van der Waals surface area contributed by atoms with Crippen LogP contribution >= 0.6 is 28.1 Å². The van der Waals surface area contributed by atoms with Gasteiger partial charge in [-0.1, -0.05) is 34.1 Å². The monoisotopic (exact) mass is 384 g/mol. The Hall–Kier alpha value is -2.31. The molecule has 0 spiro atoms. The smallest absolute Gasteiger partial charge is 0.191 e. The molecule has 23 heavy (non-hydrogen) atoms. The van der Waals surface area contributed by atoms with E-state index >= 15 is 0 Å². The highest BCUT2D eigenvalue weighted by molar-refractivity contribution is 9.10. The second-order valence-electron chi connectivity index (χ2n) is 4.75. The first-order chi connectivity index (χ1) is 11.2. The number of para-hydroxylation sites is 1. The second kappa shape index (κ2) is 7.30. The first-order valence-electron chi connectivity index (χ1n) is 6.92. The van der Waals surface area contributed by atoms with Gasteiger partial charge in [0.25, 0.3) is 0 Å². The van der Waals surface area contributed by atoms with Gasteiger partial charge < -0.3 is 5.32 Å². The van der Waals surface area contributed by atoms with Crippen LogP contribution in [0.5, 0.6) is 0 Å². The van der Waals surface area contributed by atoms with Crippen molar-refractivity contribution in [3.8, 4) is 0 Å². The largest absolute Gasteiger partial charge is 0.331 e. The van der Waals surface area contributed by atoms with Crippen molar-refractivity contribution < 1.29 is 0 Å². The molecule has 0 bridgehead atoms. The Kier molecular flexibility index (Phi) is 4.95. The lowest BCUT2D eigenvalue weighted by Gasteiger charge is -2.07. The predicted molar refractivity (Wildman–Crippen MR) is 103 cm³/mol. The lowest BCUT2D eigenvalue weighted by atomic mass is 10.1. The van der Waals surface area contributed by atoms with Crippen molar-refractivity contribution in [3.63, 3.8) is 0 Å². The van der Waals surface area contributed by atoms with Gasteiger partial charge in [0, 0.05) is 27.3 Å². The van der Waals surface area contributed by atoms with Crippen molar-refractivity contribution in [3.05, 3.63) is 70.8 Å². The Labute approximate surface area is 147 Å². The summed E-state index contributed by atoms with van der Waals surface area (Å²) >= 11 is 8.61. The molecule has 0 amide bonds. The SMILES string of the molecule is S=C(N/N=C\c1ccnc2ccccc12)Nc1ccc(Br)cc1. The van der Waals surface area contributed by atoms with Crippen LogP contribution in [-0.2, 0) is 0 Å². The molecule has 2 aromatic carbocycles. The van der Waals surface area contributed by atoms with Gasteiger partial charge in [-0.3, -0.25) is 10.4 Å². The van der Waals surface area contributed by atoms with Crippen LogP contribution in [0.25, 0.3) is 10.9 Å². The molecule has 0 aliphatic carbocycles. The fourth-order valence-corrected chi connectivity index (χ4v) is 2.52. The molecule has 3 rings (SSSR count). The minimum absolute atomic E-state index is 0.432. The van der Waals surface area contributed by atoms with E-state index in [4.69, 9.17) is 12.2 Å². The van der Waals surface area contributed by atoms with E-state index in [-0.39, 0.29) is 0 Å². The summed E-state index contributed by atoms with van der Waals surface area (Å²) in [5.74, 6) is 0. The number of hydrogen-bond donors (Lipinski definition) is 2. The summed E-state index contributed by atoms with van der Waals surface area (Å²) in [5, 5.41) is 8.74. The van der Waals surface area contributed by atoms with E-state index in [1.807, 2.05) is 54.6 Å². The number of pyridine rings is 1. The number of nitrogens with zero attached hydrogens (tertiary/aromatic N) is 2. The normalized spacial score (nSPS) is 10.8. The van der Waals surface area contributed by atoms with Crippen molar-refractivity contribution in [2.45, 2.75) is 0 Å². The molecule has 0 aliphatic rings. The van der Waals surface area contributed by atoms with Gasteiger partial charge in [0.1, 0.15) is 0 Å². The molecule has 0 radical (unpaired) electrons. The van der Waals surface area contributed by atoms with E-state index in [0.717, 1.165) is 26.6 Å². The quantitative estimate of drug-likeness (QED) is 0.401. The Balaban J connectivity index is 1.66. The zero-order valence-electron chi connectivity index (χ0n) is 12.0. The number of nitrogens with one attached hydrogen (secondary N) is 2. The number of rotatable bonds is 3. The first-order valence-corrected chi connectivity index (χ1v) is 8.12. The van der Waals surface area contributed by atoms with Gasteiger partial charge in [-0.25, -0.2) is 0 Å². The summed E-state index contributed by atoms with van der Waals surface area (Å²) in [6, 6.07) is 17.6. The highest BCUT2D eigenvalue weighted by Crippen LogP contribution is 2.15. The second-order valence-corrected chi connectivity index (χ2v) is 6.07. The van der Waals surface area contributed by atoms with E-state index < -0.39 is 0 Å². The highest BCUT2D eigenvalue weighted by Gasteiger charge is 1.99. The van der Waals surface area contributed by atoms with Crippen LogP contribution in [-0.4, -0.2) is 16.3 Å². The lowest BCUT2D eigenvalue weighted by Crippen LogP contribution is -2.23. The van der Waals surface area contributed by atoms with Gasteiger partial charge in [-0.05, 0) is 48.6 Å². The van der Waals surface area contributed by atoms with Crippen molar-refractivity contribution in [1.29, 1.82) is 0 Å². The first kappa shape index (κ1) is 15.6. The van der Waals surface area contributed by atoms with Gasteiger partial charge in [0.05, 0.1) is 11.7 Å². The standard InChI is InChI=1S/C17H13BrN4S/c18-13-5-7-14(8-6-13)21-17(23)22-20-11-12-9-10-19-16-4-2-1-3-15(12)16/h1-11H,(H2,21,22,23)/b20-11-. The third-order valence-corrected chi connectivity index (χ3v) is 3.88. The molecular weight excluding hydrogens is 372 g/mol. The topological polar surface area (TPSA) is 49.3 Å². The maximum Gasteiger partial charge on any atom is 0.191 e. The third-order valence-electron chi connectivity index (χ3n) is 3.15. The van der Waals surface area contributed by atoms with Crippen LogP contribution in [0.15, 0.2) is 70.4 Å². The molecule has 1 aromatic heterocycles. The van der Waals surface area contributed by atoms with E-state index in [1.165, 1.54) is 0 Å². The number of aromatic nitrogens is 1. The average molecular weight is 385 g/mol. The molecule has 3 aromatic rings. The number of thiocarbonyl (C=S) groups is 1. The van der Waals surface area contributed by atoms with Crippen molar-refractivity contribution in [2.24, 2.45) is 5.10 Å². The van der Waals surface area contributed by atoms with Crippen LogP contribution in [0.4, 0.5) is 5.69 Å². The van der Waals surface area contributed by atoms with Crippen molar-refractivity contribution >= 4 is 56.1 Å². The fourth-order valence-electron chi connectivity index (χ4n) is 2.08. The van der Waals surface area contributed by atoms with E-state index in [0.29, 0.717) is 5.11 Å². The summed E-state index contributed by atoms with van der Waals surface area (Å²) in [6.45, 7) is 0. The van der Waals surface area contributed by atoms with Gasteiger partial charge >= 0.3 is 0 Å². The molecule has 0 atom stereocenters. The fraction of sp³-hybridized carbons (Fsp3) is 0. The molecule has 0 saturated carbocycles. The van der Waals surface area contributed by atoms with Crippen LogP contribution in [0.2, 0.25) is 0 Å². The number of halogens is 1. The van der Waals surface area contributed by atoms with Gasteiger partial charge in [0.2, 0.25) is 0 Å². The van der Waals surface area contributed by atoms with Crippen LogP contribution in [0.3, 0.4) is 0 Å². The van der Waals surface area contributed by atoms with E-state index in [2.05, 4.69) is 36.8 Å². The van der Waals surface area contributed by atoms with E-state index in [9.17, 15) is 0 Å². The Bertz CT molecular complexity index is 857. The summed E-state index contributed by atoms with van der Waals surface area (Å²) in [6.07, 6.45) is 3.50. The molecule has 114 valence electrons. The van der Waals surface area contributed by atoms with Crippen molar-refractivity contribution in [1.82, 2.24) is 10.4 Å². The highest BCUT2D eigenvalue weighted by atomic mass is 79.9. The average Bonchev–Trinajstić information content (AvgIpc) is 2.57. The van der Waals surface area contributed by atoms with Gasteiger partial charge in [-0.2, -0.15) is 5.10 Å². The maximum absolute atomic E-state index is 5.22. The van der Waals surface area contributed by atoms with Gasteiger partial charge in [-0.15, -0.1) is 0 Å².